The van der Waals surface area contributed by atoms with E-state index in [1.54, 1.807) is 0 Å². The molecule has 0 fully saturated rings. The Labute approximate surface area is 275 Å². The first kappa shape index (κ1) is 27.5. The minimum absolute atomic E-state index is 0.215. The molecule has 2 atom stereocenters. The Balaban J connectivity index is 1.18. The van der Waals surface area contributed by atoms with E-state index in [0.29, 0.717) is 0 Å². The molecule has 0 spiro atoms. The number of rotatable bonds is 5. The van der Waals surface area contributed by atoms with Gasteiger partial charge in [-0.25, -0.2) is 0 Å². The Kier molecular flexibility index (Phi) is 6.36. The van der Waals surface area contributed by atoms with Crippen molar-refractivity contribution in [2.45, 2.75) is 18.9 Å². The van der Waals surface area contributed by atoms with Gasteiger partial charge in [-0.1, -0.05) is 121 Å². The van der Waals surface area contributed by atoms with Crippen LogP contribution in [0.2, 0.25) is 0 Å². The van der Waals surface area contributed by atoms with Crippen LogP contribution in [0.25, 0.3) is 49.8 Å². The van der Waals surface area contributed by atoms with Gasteiger partial charge in [-0.15, -0.1) is 0 Å². The third-order valence-corrected chi connectivity index (χ3v) is 9.91. The summed E-state index contributed by atoms with van der Waals surface area (Å²) in [6.45, 7) is 6.18. The van der Waals surface area contributed by atoms with E-state index in [2.05, 4.69) is 187 Å². The van der Waals surface area contributed by atoms with Gasteiger partial charge in [0.15, 0.2) is 0 Å². The molecule has 2 heteroatoms. The number of anilines is 2. The van der Waals surface area contributed by atoms with Crippen LogP contribution >= 0.6 is 0 Å². The van der Waals surface area contributed by atoms with Gasteiger partial charge in [0.25, 0.3) is 0 Å². The standard InChI is InChI=1S/C45H34N2/c1-30(2)31-17-19-32(20-18-31)33-21-24-44-40(27-33)41-29-35(23-26-45(41)47(44)37-13-7-4-8-14-37)34-22-25-43-39(28-34)38-15-9-10-16-42(38)46(43)36-11-5-3-6-12-36/h3-29,40,44H,1H2,2H3. The smallest absolute Gasteiger partial charge is 0.0630 e. The second-order valence-electron chi connectivity index (χ2n) is 12.8. The fourth-order valence-electron chi connectivity index (χ4n) is 7.62. The summed E-state index contributed by atoms with van der Waals surface area (Å²) in [5, 5.41) is 2.54. The molecule has 0 saturated heterocycles. The first-order valence-corrected chi connectivity index (χ1v) is 16.4. The van der Waals surface area contributed by atoms with E-state index in [-0.39, 0.29) is 12.0 Å². The van der Waals surface area contributed by atoms with E-state index >= 15 is 0 Å². The number of fused-ring (bicyclic) bond motifs is 6. The van der Waals surface area contributed by atoms with Crippen molar-refractivity contribution in [1.29, 1.82) is 0 Å². The summed E-state index contributed by atoms with van der Waals surface area (Å²) in [4.78, 5) is 2.51. The van der Waals surface area contributed by atoms with Crippen molar-refractivity contribution >= 4 is 44.3 Å². The van der Waals surface area contributed by atoms with E-state index in [9.17, 15) is 0 Å². The SMILES string of the molecule is C=C(C)c1ccc(C2=CC3c4cc(-c5ccc6c(c5)c5ccccc5n6-c5ccccc5)ccc4N(c4ccccc4)C3C=C2)cc1. The number of para-hydroxylation sites is 3. The quantitative estimate of drug-likeness (QED) is 0.190. The van der Waals surface area contributed by atoms with E-state index in [0.717, 1.165) is 5.57 Å². The molecular formula is C45H34N2. The van der Waals surface area contributed by atoms with Crippen molar-refractivity contribution < 1.29 is 0 Å². The molecule has 2 unspecified atom stereocenters. The molecule has 47 heavy (non-hydrogen) atoms. The summed E-state index contributed by atoms with van der Waals surface area (Å²) in [5.41, 5.74) is 14.7. The lowest BCUT2D eigenvalue weighted by Gasteiger charge is -2.29. The van der Waals surface area contributed by atoms with Crippen LogP contribution in [0.3, 0.4) is 0 Å². The molecule has 9 rings (SSSR count). The highest BCUT2D eigenvalue weighted by molar-refractivity contribution is 6.10. The molecule has 1 aliphatic heterocycles. The largest absolute Gasteiger partial charge is 0.333 e. The average molecular weight is 603 g/mol. The van der Waals surface area contributed by atoms with E-state index < -0.39 is 0 Å². The monoisotopic (exact) mass is 602 g/mol. The fourth-order valence-corrected chi connectivity index (χ4v) is 7.62. The summed E-state index contributed by atoms with van der Waals surface area (Å²) in [7, 11) is 0. The third-order valence-electron chi connectivity index (χ3n) is 9.91. The van der Waals surface area contributed by atoms with Crippen molar-refractivity contribution in [3.8, 4) is 16.8 Å². The zero-order valence-corrected chi connectivity index (χ0v) is 26.3. The van der Waals surface area contributed by atoms with Crippen LogP contribution in [0.1, 0.15) is 29.5 Å². The summed E-state index contributed by atoms with van der Waals surface area (Å²) >= 11 is 0. The van der Waals surface area contributed by atoms with Gasteiger partial charge in [0, 0.05) is 33.8 Å². The Morgan fingerprint density at radius 3 is 2.00 bits per heavy atom. The van der Waals surface area contributed by atoms with Gasteiger partial charge in [-0.3, -0.25) is 0 Å². The highest BCUT2D eigenvalue weighted by atomic mass is 15.2. The minimum atomic E-state index is 0.215. The number of aromatic nitrogens is 1. The van der Waals surface area contributed by atoms with Crippen LogP contribution in [0.4, 0.5) is 11.4 Å². The molecule has 0 amide bonds. The predicted molar refractivity (Wildman–Crippen MR) is 200 cm³/mol. The molecule has 224 valence electrons. The highest BCUT2D eigenvalue weighted by Gasteiger charge is 2.38. The van der Waals surface area contributed by atoms with Crippen molar-refractivity contribution in [1.82, 2.24) is 4.57 Å². The van der Waals surface area contributed by atoms with Crippen LogP contribution < -0.4 is 4.90 Å². The summed E-state index contributed by atoms with van der Waals surface area (Å²) < 4.78 is 2.38. The van der Waals surface area contributed by atoms with Gasteiger partial charge in [0.2, 0.25) is 0 Å². The number of allylic oxidation sites excluding steroid dienone is 3. The Morgan fingerprint density at radius 2 is 1.23 bits per heavy atom. The van der Waals surface area contributed by atoms with Crippen LogP contribution in [-0.2, 0) is 0 Å². The van der Waals surface area contributed by atoms with Gasteiger partial charge >= 0.3 is 0 Å². The van der Waals surface area contributed by atoms with Gasteiger partial charge in [0.1, 0.15) is 0 Å². The van der Waals surface area contributed by atoms with Crippen molar-refractivity contribution in [2.75, 3.05) is 4.90 Å². The number of benzene rings is 6. The normalized spacial score (nSPS) is 16.7. The molecule has 6 aromatic carbocycles. The lowest BCUT2D eigenvalue weighted by molar-refractivity contribution is 0.747. The van der Waals surface area contributed by atoms with Crippen molar-refractivity contribution in [3.05, 3.63) is 187 Å². The maximum absolute atomic E-state index is 4.12. The fraction of sp³-hybridized carbons (Fsp3) is 0.0667. The second kappa shape index (κ2) is 10.9. The molecule has 2 nitrogen and oxygen atoms in total. The highest BCUT2D eigenvalue weighted by Crippen LogP contribution is 2.50. The number of nitrogens with zero attached hydrogens (tertiary/aromatic N) is 2. The summed E-state index contributed by atoms with van der Waals surface area (Å²) in [5.74, 6) is 0.231. The molecule has 2 aliphatic rings. The van der Waals surface area contributed by atoms with E-state index in [1.165, 1.54) is 72.3 Å². The average Bonchev–Trinajstić information content (AvgIpc) is 3.64. The van der Waals surface area contributed by atoms with Crippen LogP contribution in [-0.4, -0.2) is 10.6 Å². The number of hydrogen-bond acceptors (Lipinski definition) is 1. The minimum Gasteiger partial charge on any atom is -0.333 e. The van der Waals surface area contributed by atoms with Gasteiger partial charge in [-0.05, 0) is 94.9 Å². The second-order valence-corrected chi connectivity index (χ2v) is 12.8. The molecule has 0 bridgehead atoms. The van der Waals surface area contributed by atoms with Crippen LogP contribution in [0, 0.1) is 0 Å². The Bertz CT molecular complexity index is 2370. The first-order chi connectivity index (χ1) is 23.1. The molecule has 1 aromatic heterocycles. The lowest BCUT2D eigenvalue weighted by Crippen LogP contribution is -2.28. The Morgan fingerprint density at radius 1 is 0.596 bits per heavy atom. The molecular weight excluding hydrogens is 569 g/mol. The zero-order valence-electron chi connectivity index (χ0n) is 26.3. The van der Waals surface area contributed by atoms with Gasteiger partial charge < -0.3 is 9.47 Å². The summed E-state index contributed by atoms with van der Waals surface area (Å²) in [6.07, 6.45) is 7.17. The molecule has 0 radical (unpaired) electrons. The maximum atomic E-state index is 4.12. The van der Waals surface area contributed by atoms with Crippen molar-refractivity contribution in [2.24, 2.45) is 0 Å². The van der Waals surface area contributed by atoms with Gasteiger partial charge in [-0.2, -0.15) is 0 Å². The Hall–Kier alpha value is -5.86. The van der Waals surface area contributed by atoms with Crippen LogP contribution in [0.5, 0.6) is 0 Å². The van der Waals surface area contributed by atoms with Crippen molar-refractivity contribution in [3.63, 3.8) is 0 Å². The summed E-state index contributed by atoms with van der Waals surface area (Å²) in [6, 6.07) is 53.3. The molecule has 1 aliphatic carbocycles. The first-order valence-electron chi connectivity index (χ1n) is 16.4. The van der Waals surface area contributed by atoms with Gasteiger partial charge in [0.05, 0.1) is 17.1 Å². The maximum Gasteiger partial charge on any atom is 0.0630 e. The molecule has 0 saturated carbocycles. The third kappa shape index (κ3) is 4.48. The molecule has 0 N–H and O–H groups in total. The number of hydrogen-bond donors (Lipinski definition) is 0. The van der Waals surface area contributed by atoms with E-state index in [1.807, 2.05) is 0 Å². The topological polar surface area (TPSA) is 8.17 Å². The lowest BCUT2D eigenvalue weighted by atomic mass is 9.85. The predicted octanol–water partition coefficient (Wildman–Crippen LogP) is 11.7. The molecule has 7 aromatic rings. The molecule has 2 heterocycles. The zero-order chi connectivity index (χ0) is 31.5. The van der Waals surface area contributed by atoms with E-state index in [4.69, 9.17) is 0 Å². The van der Waals surface area contributed by atoms with Crippen LogP contribution in [0.15, 0.2) is 170 Å².